The molecule has 2 rings (SSSR count). The number of carbonyl (C=O) groups is 1. The fourth-order valence-corrected chi connectivity index (χ4v) is 1.71. The molecule has 0 bridgehead atoms. The number of unbranched alkanes of at least 4 members (excludes halogenated alkanes) is 1. The van der Waals surface area contributed by atoms with Crippen LogP contribution in [-0.4, -0.2) is 17.6 Å². The van der Waals surface area contributed by atoms with Crippen LogP contribution < -0.4 is 0 Å². The second-order valence-electron chi connectivity index (χ2n) is 4.32. The van der Waals surface area contributed by atoms with Crippen LogP contribution in [0.25, 0.3) is 17.0 Å². The van der Waals surface area contributed by atoms with Crippen molar-refractivity contribution in [1.82, 2.24) is 4.98 Å². The molecule has 19 heavy (non-hydrogen) atoms. The summed E-state index contributed by atoms with van der Waals surface area (Å²) in [5, 5.41) is 1.06. The molecule has 0 atom stereocenters. The standard InChI is InChI=1S/C16H17NO2/c1-2-3-10-19-16(18)9-8-13-11-14-6-4-5-7-15(14)17-12-13/h4-9,11-12H,2-3,10H2,1H3/b9-8+. The van der Waals surface area contributed by atoms with Crippen LogP contribution in [0.4, 0.5) is 0 Å². The molecule has 0 amide bonds. The smallest absolute Gasteiger partial charge is 0.330 e. The zero-order chi connectivity index (χ0) is 13.5. The minimum atomic E-state index is -0.304. The van der Waals surface area contributed by atoms with E-state index in [1.165, 1.54) is 6.08 Å². The molecule has 3 heteroatoms. The van der Waals surface area contributed by atoms with Gasteiger partial charge in [0.25, 0.3) is 0 Å². The highest BCUT2D eigenvalue weighted by Gasteiger charge is 1.98. The van der Waals surface area contributed by atoms with Crippen molar-refractivity contribution >= 4 is 22.9 Å². The summed E-state index contributed by atoms with van der Waals surface area (Å²) >= 11 is 0. The van der Waals surface area contributed by atoms with Crippen LogP contribution in [0.15, 0.2) is 42.6 Å². The molecule has 98 valence electrons. The van der Waals surface area contributed by atoms with E-state index in [1.54, 1.807) is 12.3 Å². The molecule has 0 aliphatic rings. The third kappa shape index (κ3) is 3.91. The van der Waals surface area contributed by atoms with Gasteiger partial charge in [-0.25, -0.2) is 4.79 Å². The van der Waals surface area contributed by atoms with Crippen molar-refractivity contribution in [2.75, 3.05) is 6.61 Å². The normalized spacial score (nSPS) is 11.0. The van der Waals surface area contributed by atoms with Crippen molar-refractivity contribution in [3.8, 4) is 0 Å². The Kier molecular flexibility index (Phi) is 4.67. The van der Waals surface area contributed by atoms with Gasteiger partial charge in [-0.3, -0.25) is 4.98 Å². The largest absolute Gasteiger partial charge is 0.463 e. The van der Waals surface area contributed by atoms with E-state index in [2.05, 4.69) is 11.9 Å². The van der Waals surface area contributed by atoms with Crippen molar-refractivity contribution in [3.63, 3.8) is 0 Å². The van der Waals surface area contributed by atoms with E-state index in [0.717, 1.165) is 29.3 Å². The molecular weight excluding hydrogens is 238 g/mol. The van der Waals surface area contributed by atoms with E-state index in [1.807, 2.05) is 30.3 Å². The second-order valence-corrected chi connectivity index (χ2v) is 4.32. The van der Waals surface area contributed by atoms with Gasteiger partial charge in [0.05, 0.1) is 12.1 Å². The van der Waals surface area contributed by atoms with Gasteiger partial charge in [-0.05, 0) is 30.2 Å². The summed E-state index contributed by atoms with van der Waals surface area (Å²) in [6, 6.07) is 9.88. The molecule has 0 saturated carbocycles. The van der Waals surface area contributed by atoms with Gasteiger partial charge in [0.15, 0.2) is 0 Å². The Bertz CT molecular complexity index is 590. The number of carbonyl (C=O) groups excluding carboxylic acids is 1. The van der Waals surface area contributed by atoms with E-state index < -0.39 is 0 Å². The molecule has 0 aliphatic heterocycles. The molecule has 0 spiro atoms. The van der Waals surface area contributed by atoms with Crippen molar-refractivity contribution in [2.45, 2.75) is 19.8 Å². The molecule has 0 radical (unpaired) electrons. The first-order chi connectivity index (χ1) is 9.29. The van der Waals surface area contributed by atoms with Crippen LogP contribution in [-0.2, 0) is 9.53 Å². The lowest BCUT2D eigenvalue weighted by Crippen LogP contribution is -2.01. The Morgan fingerprint density at radius 1 is 1.37 bits per heavy atom. The van der Waals surface area contributed by atoms with Gasteiger partial charge in [-0.15, -0.1) is 0 Å². The van der Waals surface area contributed by atoms with Gasteiger partial charge in [-0.1, -0.05) is 31.5 Å². The highest BCUT2D eigenvalue weighted by molar-refractivity contribution is 5.88. The zero-order valence-electron chi connectivity index (χ0n) is 11.0. The van der Waals surface area contributed by atoms with Crippen molar-refractivity contribution in [2.24, 2.45) is 0 Å². The number of para-hydroxylation sites is 1. The second kappa shape index (κ2) is 6.69. The summed E-state index contributed by atoms with van der Waals surface area (Å²) in [7, 11) is 0. The number of hydrogen-bond acceptors (Lipinski definition) is 3. The van der Waals surface area contributed by atoms with Gasteiger partial charge in [0.1, 0.15) is 0 Å². The van der Waals surface area contributed by atoms with E-state index in [0.29, 0.717) is 6.61 Å². The maximum Gasteiger partial charge on any atom is 0.330 e. The van der Waals surface area contributed by atoms with Crippen LogP contribution in [0, 0.1) is 0 Å². The molecule has 0 saturated heterocycles. The maximum absolute atomic E-state index is 11.4. The first kappa shape index (κ1) is 13.3. The number of nitrogens with zero attached hydrogens (tertiary/aromatic N) is 1. The van der Waals surface area contributed by atoms with Crippen LogP contribution in [0.3, 0.4) is 0 Å². The maximum atomic E-state index is 11.4. The molecule has 1 aromatic carbocycles. The SMILES string of the molecule is CCCCOC(=O)/C=C/c1cnc2ccccc2c1. The topological polar surface area (TPSA) is 39.2 Å². The number of pyridine rings is 1. The van der Waals surface area contributed by atoms with Gasteiger partial charge >= 0.3 is 5.97 Å². The summed E-state index contributed by atoms with van der Waals surface area (Å²) in [5.41, 5.74) is 1.84. The lowest BCUT2D eigenvalue weighted by atomic mass is 10.1. The van der Waals surface area contributed by atoms with E-state index in [-0.39, 0.29) is 5.97 Å². The summed E-state index contributed by atoms with van der Waals surface area (Å²) in [5.74, 6) is -0.304. The Morgan fingerprint density at radius 2 is 2.21 bits per heavy atom. The fourth-order valence-electron chi connectivity index (χ4n) is 1.71. The molecule has 0 aliphatic carbocycles. The quantitative estimate of drug-likeness (QED) is 0.465. The lowest BCUT2D eigenvalue weighted by molar-refractivity contribution is -0.137. The number of fused-ring (bicyclic) bond motifs is 1. The minimum absolute atomic E-state index is 0.304. The number of rotatable bonds is 5. The summed E-state index contributed by atoms with van der Waals surface area (Å²) < 4.78 is 5.05. The van der Waals surface area contributed by atoms with Crippen molar-refractivity contribution in [1.29, 1.82) is 0 Å². The molecule has 0 unspecified atom stereocenters. The van der Waals surface area contributed by atoms with Crippen LogP contribution >= 0.6 is 0 Å². The molecule has 0 N–H and O–H groups in total. The lowest BCUT2D eigenvalue weighted by Gasteiger charge is -2.00. The average Bonchev–Trinajstić information content (AvgIpc) is 2.45. The van der Waals surface area contributed by atoms with Crippen LogP contribution in [0.5, 0.6) is 0 Å². The van der Waals surface area contributed by atoms with Crippen molar-refractivity contribution in [3.05, 3.63) is 48.2 Å². The Labute approximate surface area is 112 Å². The van der Waals surface area contributed by atoms with Gasteiger partial charge < -0.3 is 4.74 Å². The van der Waals surface area contributed by atoms with E-state index >= 15 is 0 Å². The third-order valence-electron chi connectivity index (χ3n) is 2.77. The number of esters is 1. The van der Waals surface area contributed by atoms with Crippen LogP contribution in [0.2, 0.25) is 0 Å². The molecular formula is C16H17NO2. The molecule has 2 aromatic rings. The van der Waals surface area contributed by atoms with Gasteiger partial charge in [0.2, 0.25) is 0 Å². The summed E-state index contributed by atoms with van der Waals surface area (Å²) in [4.78, 5) is 15.8. The molecule has 1 aromatic heterocycles. The summed E-state index contributed by atoms with van der Waals surface area (Å²) in [6.07, 6.45) is 6.84. The predicted octanol–water partition coefficient (Wildman–Crippen LogP) is 3.59. The Morgan fingerprint density at radius 3 is 3.05 bits per heavy atom. The Hall–Kier alpha value is -2.16. The average molecular weight is 255 g/mol. The molecule has 1 heterocycles. The van der Waals surface area contributed by atoms with Gasteiger partial charge in [-0.2, -0.15) is 0 Å². The number of hydrogen-bond donors (Lipinski definition) is 0. The zero-order valence-corrected chi connectivity index (χ0v) is 11.0. The fraction of sp³-hybridized carbons (Fsp3) is 0.250. The first-order valence-electron chi connectivity index (χ1n) is 6.49. The first-order valence-corrected chi connectivity index (χ1v) is 6.49. The van der Waals surface area contributed by atoms with Gasteiger partial charge in [0, 0.05) is 17.7 Å². The Balaban J connectivity index is 2.02. The highest BCUT2D eigenvalue weighted by atomic mass is 16.5. The number of aromatic nitrogens is 1. The summed E-state index contributed by atoms with van der Waals surface area (Å²) in [6.45, 7) is 2.54. The minimum Gasteiger partial charge on any atom is -0.463 e. The predicted molar refractivity (Wildman–Crippen MR) is 76.6 cm³/mol. The number of benzene rings is 1. The van der Waals surface area contributed by atoms with E-state index in [9.17, 15) is 4.79 Å². The monoisotopic (exact) mass is 255 g/mol. The molecule has 0 fully saturated rings. The van der Waals surface area contributed by atoms with Crippen LogP contribution in [0.1, 0.15) is 25.3 Å². The molecule has 3 nitrogen and oxygen atoms in total. The van der Waals surface area contributed by atoms with E-state index in [4.69, 9.17) is 4.74 Å². The highest BCUT2D eigenvalue weighted by Crippen LogP contribution is 2.13. The number of ether oxygens (including phenoxy) is 1. The van der Waals surface area contributed by atoms with Crippen molar-refractivity contribution < 1.29 is 9.53 Å². The third-order valence-corrected chi connectivity index (χ3v) is 2.77.